The molecule has 3 heteroatoms. The van der Waals surface area contributed by atoms with Crippen LogP contribution in [-0.2, 0) is 0 Å². The summed E-state index contributed by atoms with van der Waals surface area (Å²) < 4.78 is 4.91. The van der Waals surface area contributed by atoms with E-state index in [0.717, 1.165) is 5.56 Å². The Bertz CT molecular complexity index is 305. The number of hydrogen-bond donors (Lipinski definition) is 1. The summed E-state index contributed by atoms with van der Waals surface area (Å²) in [6.07, 6.45) is 0. The molecule has 0 bridgehead atoms. The van der Waals surface area contributed by atoms with Gasteiger partial charge in [-0.05, 0) is 24.6 Å². The Morgan fingerprint density at radius 3 is 2.36 bits per heavy atom. The molecule has 3 nitrogen and oxygen atoms in total. The van der Waals surface area contributed by atoms with Crippen molar-refractivity contribution >= 4 is 5.97 Å². The van der Waals surface area contributed by atoms with E-state index >= 15 is 0 Å². The van der Waals surface area contributed by atoms with Gasteiger partial charge in [0.15, 0.2) is 0 Å². The normalized spacial score (nSPS) is 8.57. The lowest BCUT2D eigenvalue weighted by Gasteiger charge is -2.04. The van der Waals surface area contributed by atoms with E-state index in [2.05, 4.69) is 0 Å². The van der Waals surface area contributed by atoms with Crippen LogP contribution in [0, 0.1) is 6.92 Å². The number of aromatic carboxylic acids is 1. The van der Waals surface area contributed by atoms with Crippen LogP contribution >= 0.6 is 0 Å². The van der Waals surface area contributed by atoms with Gasteiger partial charge in [0.25, 0.3) is 0 Å². The number of carboxylic acid groups (broad SMARTS) is 1. The van der Waals surface area contributed by atoms with Crippen LogP contribution < -0.4 is 4.74 Å². The summed E-state index contributed by atoms with van der Waals surface area (Å²) in [7, 11) is 1.46. The number of benzene rings is 1. The molecule has 0 saturated carbocycles. The Labute approximate surface area is 84.3 Å². The van der Waals surface area contributed by atoms with E-state index in [4.69, 9.17) is 9.84 Å². The largest absolute Gasteiger partial charge is 0.496 e. The molecule has 1 N–H and O–H groups in total. The molecule has 78 valence electrons. The minimum Gasteiger partial charge on any atom is -0.496 e. The molecule has 0 unspecified atom stereocenters. The Kier molecular flexibility index (Phi) is 5.37. The second kappa shape index (κ2) is 6.02. The van der Waals surface area contributed by atoms with Crippen LogP contribution in [0.1, 0.15) is 29.8 Å². The van der Waals surface area contributed by atoms with E-state index < -0.39 is 5.97 Å². The topological polar surface area (TPSA) is 46.5 Å². The van der Waals surface area contributed by atoms with Gasteiger partial charge in [-0.2, -0.15) is 0 Å². The molecule has 0 radical (unpaired) electrons. The molecule has 0 spiro atoms. The third-order valence-electron chi connectivity index (χ3n) is 1.59. The van der Waals surface area contributed by atoms with Crippen LogP contribution in [-0.4, -0.2) is 18.2 Å². The van der Waals surface area contributed by atoms with E-state index in [1.807, 2.05) is 20.8 Å². The molecular weight excluding hydrogens is 180 g/mol. The van der Waals surface area contributed by atoms with Gasteiger partial charge in [-0.1, -0.05) is 19.9 Å². The second-order valence-electron chi connectivity index (χ2n) is 2.51. The lowest BCUT2D eigenvalue weighted by atomic mass is 10.1. The monoisotopic (exact) mass is 196 g/mol. The fourth-order valence-electron chi connectivity index (χ4n) is 0.975. The van der Waals surface area contributed by atoms with Gasteiger partial charge in [-0.15, -0.1) is 0 Å². The molecule has 1 rings (SSSR count). The molecule has 0 aliphatic carbocycles. The van der Waals surface area contributed by atoms with Crippen LogP contribution in [0.3, 0.4) is 0 Å². The molecule has 0 aliphatic rings. The average Bonchev–Trinajstić information content (AvgIpc) is 2.20. The summed E-state index contributed by atoms with van der Waals surface area (Å²) in [6, 6.07) is 4.98. The highest BCUT2D eigenvalue weighted by Crippen LogP contribution is 2.19. The maximum absolute atomic E-state index is 10.6. The lowest BCUT2D eigenvalue weighted by molar-refractivity contribution is 0.0693. The molecule has 0 aliphatic heterocycles. The third-order valence-corrected chi connectivity index (χ3v) is 1.59. The molecular formula is C11H16O3. The molecule has 0 atom stereocenters. The van der Waals surface area contributed by atoms with Gasteiger partial charge in [0.1, 0.15) is 11.3 Å². The van der Waals surface area contributed by atoms with Crippen LogP contribution in [0.2, 0.25) is 0 Å². The van der Waals surface area contributed by atoms with Gasteiger partial charge in [-0.25, -0.2) is 4.79 Å². The molecule has 1 aromatic rings. The van der Waals surface area contributed by atoms with Gasteiger partial charge >= 0.3 is 5.97 Å². The van der Waals surface area contributed by atoms with Crippen molar-refractivity contribution in [3.8, 4) is 5.75 Å². The number of aryl methyl sites for hydroxylation is 1. The van der Waals surface area contributed by atoms with E-state index in [1.54, 1.807) is 12.1 Å². The Balaban J connectivity index is 0.000000791. The van der Waals surface area contributed by atoms with Gasteiger partial charge in [0.2, 0.25) is 0 Å². The summed E-state index contributed by atoms with van der Waals surface area (Å²) >= 11 is 0. The Morgan fingerprint density at radius 1 is 1.36 bits per heavy atom. The number of methoxy groups -OCH3 is 1. The fraction of sp³-hybridized carbons (Fsp3) is 0.364. The standard InChI is InChI=1S/C9H10O3.C2H6/c1-6-3-4-7(9(10)11)8(5-6)12-2;1-2/h3-5H,1-2H3,(H,10,11);1-2H3. The third kappa shape index (κ3) is 3.09. The van der Waals surface area contributed by atoms with Crippen molar-refractivity contribution in [2.75, 3.05) is 7.11 Å². The summed E-state index contributed by atoms with van der Waals surface area (Å²) in [5.41, 5.74) is 1.18. The number of hydrogen-bond acceptors (Lipinski definition) is 2. The molecule has 0 heterocycles. The summed E-state index contributed by atoms with van der Waals surface area (Å²) in [6.45, 7) is 5.88. The van der Waals surface area contributed by atoms with Crippen molar-refractivity contribution in [3.63, 3.8) is 0 Å². The number of carboxylic acids is 1. The lowest BCUT2D eigenvalue weighted by Crippen LogP contribution is -2.00. The van der Waals surface area contributed by atoms with Crippen LogP contribution in [0.15, 0.2) is 18.2 Å². The predicted octanol–water partition coefficient (Wildman–Crippen LogP) is 2.73. The quantitative estimate of drug-likeness (QED) is 0.791. The SMILES string of the molecule is CC.COc1cc(C)ccc1C(=O)O. The van der Waals surface area contributed by atoms with Crippen molar-refractivity contribution in [3.05, 3.63) is 29.3 Å². The first-order valence-electron chi connectivity index (χ1n) is 4.53. The van der Waals surface area contributed by atoms with Crippen molar-refractivity contribution in [2.45, 2.75) is 20.8 Å². The van der Waals surface area contributed by atoms with Gasteiger partial charge in [-0.3, -0.25) is 0 Å². The van der Waals surface area contributed by atoms with Crippen LogP contribution in [0.25, 0.3) is 0 Å². The fourth-order valence-corrected chi connectivity index (χ4v) is 0.975. The van der Waals surface area contributed by atoms with Crippen molar-refractivity contribution in [1.29, 1.82) is 0 Å². The molecule has 0 fully saturated rings. The molecule has 0 amide bonds. The molecule has 0 saturated heterocycles. The average molecular weight is 196 g/mol. The summed E-state index contributed by atoms with van der Waals surface area (Å²) in [5, 5.41) is 8.71. The minimum atomic E-state index is -0.966. The van der Waals surface area contributed by atoms with Gasteiger partial charge in [0, 0.05) is 0 Å². The maximum Gasteiger partial charge on any atom is 0.339 e. The van der Waals surface area contributed by atoms with Gasteiger partial charge in [0.05, 0.1) is 7.11 Å². The van der Waals surface area contributed by atoms with Crippen molar-refractivity contribution in [2.24, 2.45) is 0 Å². The number of carbonyl (C=O) groups is 1. The second-order valence-corrected chi connectivity index (χ2v) is 2.51. The zero-order valence-electron chi connectivity index (χ0n) is 9.00. The van der Waals surface area contributed by atoms with E-state index in [9.17, 15) is 4.79 Å². The smallest absolute Gasteiger partial charge is 0.339 e. The Morgan fingerprint density at radius 2 is 1.93 bits per heavy atom. The van der Waals surface area contributed by atoms with E-state index in [0.29, 0.717) is 5.75 Å². The maximum atomic E-state index is 10.6. The minimum absolute atomic E-state index is 0.197. The first kappa shape index (κ1) is 12.5. The highest BCUT2D eigenvalue weighted by Gasteiger charge is 2.09. The number of ether oxygens (including phenoxy) is 1. The number of rotatable bonds is 2. The molecule has 0 aromatic heterocycles. The molecule has 1 aromatic carbocycles. The highest BCUT2D eigenvalue weighted by molar-refractivity contribution is 5.90. The van der Waals surface area contributed by atoms with Crippen molar-refractivity contribution in [1.82, 2.24) is 0 Å². The highest BCUT2D eigenvalue weighted by atomic mass is 16.5. The zero-order chi connectivity index (χ0) is 11.1. The predicted molar refractivity (Wildman–Crippen MR) is 56.0 cm³/mol. The summed E-state index contributed by atoms with van der Waals surface area (Å²) in [4.78, 5) is 10.6. The first-order valence-corrected chi connectivity index (χ1v) is 4.53. The van der Waals surface area contributed by atoms with Crippen LogP contribution in [0.5, 0.6) is 5.75 Å². The first-order chi connectivity index (χ1) is 6.65. The van der Waals surface area contributed by atoms with Crippen molar-refractivity contribution < 1.29 is 14.6 Å². The molecule has 14 heavy (non-hydrogen) atoms. The Hall–Kier alpha value is -1.51. The van der Waals surface area contributed by atoms with E-state index in [1.165, 1.54) is 13.2 Å². The van der Waals surface area contributed by atoms with Crippen LogP contribution in [0.4, 0.5) is 0 Å². The zero-order valence-corrected chi connectivity index (χ0v) is 9.00. The van der Waals surface area contributed by atoms with Gasteiger partial charge < -0.3 is 9.84 Å². The van der Waals surface area contributed by atoms with E-state index in [-0.39, 0.29) is 5.56 Å². The summed E-state index contributed by atoms with van der Waals surface area (Å²) in [5.74, 6) is -0.561.